The van der Waals surface area contributed by atoms with Crippen LogP contribution in [0.4, 0.5) is 5.82 Å². The van der Waals surface area contributed by atoms with E-state index in [1.807, 2.05) is 19.1 Å². The van der Waals surface area contributed by atoms with E-state index in [9.17, 15) is 9.59 Å². The summed E-state index contributed by atoms with van der Waals surface area (Å²) in [6.07, 6.45) is 2.58. The van der Waals surface area contributed by atoms with Gasteiger partial charge in [-0.25, -0.2) is 9.88 Å². The lowest BCUT2D eigenvalue weighted by Crippen LogP contribution is -2.37. The number of anilines is 1. The van der Waals surface area contributed by atoms with Gasteiger partial charge in [0.05, 0.1) is 11.8 Å². The highest BCUT2D eigenvalue weighted by Crippen LogP contribution is 2.60. The fraction of sp³-hybridized carbons (Fsp3) is 0.533. The summed E-state index contributed by atoms with van der Waals surface area (Å²) < 4.78 is 0. The largest absolute Gasteiger partial charge is 0.274 e. The Morgan fingerprint density at radius 2 is 1.71 bits per heavy atom. The molecule has 2 saturated carbocycles. The molecule has 1 aliphatic heterocycles. The summed E-state index contributed by atoms with van der Waals surface area (Å²) in [6, 6.07) is 3.70. The average Bonchev–Trinajstić information content (AvgIpc) is 3.06. The Hall–Kier alpha value is -0.750. The molecule has 0 N–H and O–H groups in total. The molecule has 4 nitrogen and oxygen atoms in total. The molecule has 110 valence electrons. The van der Waals surface area contributed by atoms with Crippen LogP contribution in [0.25, 0.3) is 0 Å². The van der Waals surface area contributed by atoms with Gasteiger partial charge in [-0.05, 0) is 36.8 Å². The van der Waals surface area contributed by atoms with Crippen molar-refractivity contribution in [2.45, 2.75) is 23.0 Å². The number of alkyl halides is 2. The monoisotopic (exact) mass is 412 g/mol. The standard InChI is InChI=1S/C15H14Br2N2O2/c1-6-3-2-4-18-13(6)19-14(20)9-7-5-8(10(9)15(19)21)12(17)11(7)16/h2-4,7-12H,5H2,1H3/t7-,8-,9-,10+,11-,12+/m0/s1. The van der Waals surface area contributed by atoms with Crippen LogP contribution in [0.3, 0.4) is 0 Å². The minimum absolute atomic E-state index is 0.0665. The molecular weight excluding hydrogens is 400 g/mol. The number of fused-ring (bicyclic) bond motifs is 5. The number of aromatic nitrogens is 1. The molecule has 1 aromatic rings. The van der Waals surface area contributed by atoms with Gasteiger partial charge in [-0.1, -0.05) is 37.9 Å². The molecule has 2 bridgehead atoms. The van der Waals surface area contributed by atoms with Crippen molar-refractivity contribution < 1.29 is 9.59 Å². The summed E-state index contributed by atoms with van der Waals surface area (Å²) in [5.41, 5.74) is 0.859. The molecule has 6 heteroatoms. The third-order valence-electron chi connectivity index (χ3n) is 5.18. The molecule has 1 aromatic heterocycles. The number of amides is 2. The van der Waals surface area contributed by atoms with E-state index >= 15 is 0 Å². The van der Waals surface area contributed by atoms with Gasteiger partial charge < -0.3 is 0 Å². The van der Waals surface area contributed by atoms with Crippen molar-refractivity contribution in [2.24, 2.45) is 23.7 Å². The number of carbonyl (C=O) groups excluding carboxylic acids is 2. The lowest BCUT2D eigenvalue weighted by molar-refractivity contribution is -0.123. The lowest BCUT2D eigenvalue weighted by atomic mass is 9.81. The fourth-order valence-electron chi connectivity index (χ4n) is 4.27. The second-order valence-electron chi connectivity index (χ2n) is 6.16. The first-order valence-corrected chi connectivity index (χ1v) is 8.93. The molecule has 0 spiro atoms. The second-order valence-corrected chi connectivity index (χ2v) is 8.27. The normalized spacial score (nSPS) is 41.0. The van der Waals surface area contributed by atoms with E-state index in [1.165, 1.54) is 4.90 Å². The van der Waals surface area contributed by atoms with E-state index < -0.39 is 0 Å². The summed E-state index contributed by atoms with van der Waals surface area (Å²) in [4.78, 5) is 31.8. The zero-order valence-corrected chi connectivity index (χ0v) is 14.5. The van der Waals surface area contributed by atoms with Gasteiger partial charge in [0.1, 0.15) is 5.82 Å². The number of nitrogens with zero attached hydrogens (tertiary/aromatic N) is 2. The molecule has 6 atom stereocenters. The Labute approximate surface area is 139 Å². The third kappa shape index (κ3) is 1.69. The summed E-state index contributed by atoms with van der Waals surface area (Å²) in [5, 5.41) is 0. The van der Waals surface area contributed by atoms with Crippen molar-refractivity contribution in [1.82, 2.24) is 4.98 Å². The molecule has 2 aliphatic carbocycles. The van der Waals surface area contributed by atoms with Crippen LogP contribution in [-0.4, -0.2) is 26.5 Å². The summed E-state index contributed by atoms with van der Waals surface area (Å²) in [7, 11) is 0. The van der Waals surface area contributed by atoms with Crippen LogP contribution in [0, 0.1) is 30.6 Å². The topological polar surface area (TPSA) is 50.3 Å². The van der Waals surface area contributed by atoms with Crippen molar-refractivity contribution in [1.29, 1.82) is 0 Å². The van der Waals surface area contributed by atoms with Crippen LogP contribution < -0.4 is 4.90 Å². The van der Waals surface area contributed by atoms with Crippen molar-refractivity contribution >= 4 is 49.5 Å². The zero-order chi connectivity index (χ0) is 14.9. The summed E-state index contributed by atoms with van der Waals surface area (Å²) >= 11 is 7.38. The number of aryl methyl sites for hydroxylation is 1. The van der Waals surface area contributed by atoms with Gasteiger partial charge in [0.25, 0.3) is 0 Å². The first kappa shape index (κ1) is 13.9. The van der Waals surface area contributed by atoms with E-state index in [1.54, 1.807) is 6.20 Å². The molecule has 21 heavy (non-hydrogen) atoms. The Morgan fingerprint density at radius 3 is 2.24 bits per heavy atom. The second kappa shape index (κ2) is 4.62. The SMILES string of the molecule is Cc1cccnc1N1C(=O)[C@@H]2[C@@H]3C[C@H]([C@H](Br)[C@@H]3Br)[C@@H]2C1=O. The van der Waals surface area contributed by atoms with Crippen molar-refractivity contribution in [3.05, 3.63) is 23.9 Å². The number of pyridine rings is 1. The zero-order valence-electron chi connectivity index (χ0n) is 11.4. The Balaban J connectivity index is 1.77. The Kier molecular flexibility index (Phi) is 3.05. The Bertz CT molecular complexity index is 618. The molecule has 0 unspecified atom stereocenters. The van der Waals surface area contributed by atoms with E-state index in [2.05, 4.69) is 36.8 Å². The third-order valence-corrected chi connectivity index (χ3v) is 8.39. The maximum Gasteiger partial charge on any atom is 0.239 e. The first-order valence-electron chi connectivity index (χ1n) is 7.10. The minimum atomic E-state index is -0.179. The van der Waals surface area contributed by atoms with Crippen molar-refractivity contribution in [3.8, 4) is 0 Å². The molecule has 2 heterocycles. The van der Waals surface area contributed by atoms with E-state index in [0.717, 1.165) is 12.0 Å². The van der Waals surface area contributed by atoms with Gasteiger partial charge in [0.15, 0.2) is 0 Å². The van der Waals surface area contributed by atoms with Gasteiger partial charge in [0.2, 0.25) is 11.8 Å². The van der Waals surface area contributed by atoms with Crippen LogP contribution in [0.1, 0.15) is 12.0 Å². The molecule has 3 aliphatic rings. The maximum absolute atomic E-state index is 12.8. The van der Waals surface area contributed by atoms with Crippen LogP contribution in [0.5, 0.6) is 0 Å². The highest BCUT2D eigenvalue weighted by atomic mass is 79.9. The average molecular weight is 414 g/mol. The number of rotatable bonds is 1. The number of hydrogen-bond acceptors (Lipinski definition) is 3. The molecule has 4 rings (SSSR count). The predicted molar refractivity (Wildman–Crippen MR) is 85.5 cm³/mol. The quantitative estimate of drug-likeness (QED) is 0.525. The molecule has 1 saturated heterocycles. The Morgan fingerprint density at radius 1 is 1.14 bits per heavy atom. The molecular formula is C15H14Br2N2O2. The van der Waals surface area contributed by atoms with Gasteiger partial charge in [0, 0.05) is 15.9 Å². The van der Waals surface area contributed by atoms with E-state index in [0.29, 0.717) is 5.82 Å². The van der Waals surface area contributed by atoms with Gasteiger partial charge in [-0.15, -0.1) is 0 Å². The summed E-state index contributed by atoms with van der Waals surface area (Å²) in [6.45, 7) is 1.88. The van der Waals surface area contributed by atoms with Gasteiger partial charge in [-0.3, -0.25) is 9.59 Å². The highest BCUT2D eigenvalue weighted by molar-refractivity contribution is 9.12. The van der Waals surface area contributed by atoms with Crippen LogP contribution in [0.15, 0.2) is 18.3 Å². The van der Waals surface area contributed by atoms with Gasteiger partial charge >= 0.3 is 0 Å². The van der Waals surface area contributed by atoms with Gasteiger partial charge in [-0.2, -0.15) is 0 Å². The van der Waals surface area contributed by atoms with Crippen LogP contribution in [0.2, 0.25) is 0 Å². The number of carbonyl (C=O) groups is 2. The smallest absolute Gasteiger partial charge is 0.239 e. The molecule has 0 radical (unpaired) electrons. The van der Waals surface area contributed by atoms with Crippen molar-refractivity contribution in [2.75, 3.05) is 4.90 Å². The summed E-state index contributed by atoms with van der Waals surface area (Å²) in [5.74, 6) is 0.499. The number of imide groups is 1. The predicted octanol–water partition coefficient (Wildman–Crippen LogP) is 2.67. The van der Waals surface area contributed by atoms with Crippen molar-refractivity contribution in [3.63, 3.8) is 0 Å². The number of hydrogen-bond donors (Lipinski definition) is 0. The van der Waals surface area contributed by atoms with E-state index in [4.69, 9.17) is 0 Å². The molecule has 2 amide bonds. The lowest BCUT2D eigenvalue weighted by Gasteiger charge is -2.28. The van der Waals surface area contributed by atoms with Crippen LogP contribution >= 0.6 is 31.9 Å². The first-order chi connectivity index (χ1) is 10.0. The van der Waals surface area contributed by atoms with E-state index in [-0.39, 0.29) is 45.1 Å². The molecule has 3 fully saturated rings. The number of halogens is 2. The highest BCUT2D eigenvalue weighted by Gasteiger charge is 2.66. The van der Waals surface area contributed by atoms with Crippen LogP contribution in [-0.2, 0) is 9.59 Å². The fourth-order valence-corrected chi connectivity index (χ4v) is 6.14. The molecule has 0 aromatic carbocycles. The minimum Gasteiger partial charge on any atom is -0.274 e. The maximum atomic E-state index is 12.8.